The summed E-state index contributed by atoms with van der Waals surface area (Å²) in [6.45, 7) is 5.13. The van der Waals surface area contributed by atoms with Crippen LogP contribution in [0.15, 0.2) is 23.0 Å². The van der Waals surface area contributed by atoms with Crippen LogP contribution in [0.4, 0.5) is 5.69 Å². The number of amides is 1. The predicted molar refractivity (Wildman–Crippen MR) is 89.3 cm³/mol. The van der Waals surface area contributed by atoms with Crippen molar-refractivity contribution < 1.29 is 9.53 Å². The van der Waals surface area contributed by atoms with Gasteiger partial charge in [-0.1, -0.05) is 11.6 Å². The Morgan fingerprint density at radius 1 is 1.30 bits per heavy atom. The Labute approximate surface area is 139 Å². The zero-order valence-electron chi connectivity index (χ0n) is 13.4. The number of rotatable bonds is 4. The number of hydrogen-bond donors (Lipinski definition) is 1. The molecule has 7 heteroatoms. The molecule has 1 heterocycles. The molecular weight excluding hydrogens is 318 g/mol. The fourth-order valence-corrected chi connectivity index (χ4v) is 2.37. The maximum Gasteiger partial charge on any atom is 0.254 e. The number of carbonyl (C=O) groups excluding carboxylic acids is 1. The summed E-state index contributed by atoms with van der Waals surface area (Å²) in [5.41, 5.74) is 1.68. The molecule has 0 aliphatic carbocycles. The molecule has 1 aromatic carbocycles. The van der Waals surface area contributed by atoms with Gasteiger partial charge < -0.3 is 10.1 Å². The van der Waals surface area contributed by atoms with E-state index in [1.54, 1.807) is 26.0 Å². The fraction of sp³-hybridized carbons (Fsp3) is 0.312. The molecule has 23 heavy (non-hydrogen) atoms. The normalized spacial score (nSPS) is 10.5. The van der Waals surface area contributed by atoms with Crippen LogP contribution in [0.2, 0.25) is 5.02 Å². The molecule has 1 aromatic heterocycles. The Morgan fingerprint density at radius 3 is 2.61 bits per heavy atom. The summed E-state index contributed by atoms with van der Waals surface area (Å²) in [5, 5.41) is 3.29. The van der Waals surface area contributed by atoms with Gasteiger partial charge in [-0.3, -0.25) is 14.2 Å². The maximum absolute atomic E-state index is 12.2. The summed E-state index contributed by atoms with van der Waals surface area (Å²) < 4.78 is 6.53. The molecule has 1 N–H and O–H groups in total. The summed E-state index contributed by atoms with van der Waals surface area (Å²) in [6, 6.07) is 4.76. The number of aromatic nitrogens is 2. The molecule has 0 fully saturated rings. The zero-order valence-corrected chi connectivity index (χ0v) is 14.2. The standard InChI is InChI=1S/C16H18ClN3O3/c1-9-5-13(14(23-4)7-12(9)17)19-15(21)8-20-11(3)18-10(2)6-16(20)22/h5-7H,8H2,1-4H3,(H,19,21). The molecule has 0 bridgehead atoms. The van der Waals surface area contributed by atoms with Gasteiger partial charge in [0.15, 0.2) is 0 Å². The molecule has 0 spiro atoms. The lowest BCUT2D eigenvalue weighted by molar-refractivity contribution is -0.116. The molecule has 0 aliphatic heterocycles. The van der Waals surface area contributed by atoms with Crippen molar-refractivity contribution in [2.45, 2.75) is 27.3 Å². The van der Waals surface area contributed by atoms with Crippen molar-refractivity contribution in [3.8, 4) is 5.75 Å². The second kappa shape index (κ2) is 6.83. The van der Waals surface area contributed by atoms with Gasteiger partial charge in [-0.05, 0) is 32.4 Å². The van der Waals surface area contributed by atoms with Gasteiger partial charge in [0, 0.05) is 22.8 Å². The van der Waals surface area contributed by atoms with Gasteiger partial charge >= 0.3 is 0 Å². The van der Waals surface area contributed by atoms with Gasteiger partial charge in [0.1, 0.15) is 18.1 Å². The molecule has 0 radical (unpaired) electrons. The van der Waals surface area contributed by atoms with E-state index in [0.29, 0.717) is 28.0 Å². The average Bonchev–Trinajstić information content (AvgIpc) is 2.46. The molecule has 0 atom stereocenters. The number of carbonyl (C=O) groups is 1. The van der Waals surface area contributed by atoms with Gasteiger partial charge in [-0.2, -0.15) is 0 Å². The van der Waals surface area contributed by atoms with Crippen LogP contribution in [-0.4, -0.2) is 22.6 Å². The first-order valence-corrected chi connectivity index (χ1v) is 7.38. The van der Waals surface area contributed by atoms with E-state index in [-0.39, 0.29) is 18.0 Å². The van der Waals surface area contributed by atoms with Gasteiger partial charge in [-0.15, -0.1) is 0 Å². The number of benzene rings is 1. The fourth-order valence-electron chi connectivity index (χ4n) is 2.22. The highest BCUT2D eigenvalue weighted by molar-refractivity contribution is 6.31. The Bertz CT molecular complexity index is 815. The second-order valence-electron chi connectivity index (χ2n) is 5.22. The van der Waals surface area contributed by atoms with Crippen molar-refractivity contribution in [1.82, 2.24) is 9.55 Å². The van der Waals surface area contributed by atoms with Crippen molar-refractivity contribution >= 4 is 23.2 Å². The van der Waals surface area contributed by atoms with Crippen LogP contribution in [0.25, 0.3) is 0 Å². The molecule has 1 amide bonds. The first-order valence-electron chi connectivity index (χ1n) is 7.01. The quantitative estimate of drug-likeness (QED) is 0.931. The van der Waals surface area contributed by atoms with Gasteiger partial charge in [0.25, 0.3) is 5.56 Å². The van der Waals surface area contributed by atoms with E-state index < -0.39 is 0 Å². The first kappa shape index (κ1) is 17.0. The van der Waals surface area contributed by atoms with E-state index in [1.165, 1.54) is 17.7 Å². The van der Waals surface area contributed by atoms with Crippen LogP contribution in [0.1, 0.15) is 17.1 Å². The molecule has 0 aliphatic rings. The Morgan fingerprint density at radius 2 is 2.00 bits per heavy atom. The topological polar surface area (TPSA) is 73.2 Å². The smallest absolute Gasteiger partial charge is 0.254 e. The molecule has 0 saturated carbocycles. The highest BCUT2D eigenvalue weighted by Gasteiger charge is 2.13. The highest BCUT2D eigenvalue weighted by Crippen LogP contribution is 2.30. The number of hydrogen-bond acceptors (Lipinski definition) is 4. The molecule has 2 aromatic rings. The number of methoxy groups -OCH3 is 1. The van der Waals surface area contributed by atoms with Crippen molar-refractivity contribution in [1.29, 1.82) is 0 Å². The number of anilines is 1. The third kappa shape index (κ3) is 3.90. The monoisotopic (exact) mass is 335 g/mol. The van der Waals surface area contributed by atoms with E-state index in [0.717, 1.165) is 5.56 Å². The Kier molecular flexibility index (Phi) is 5.05. The minimum Gasteiger partial charge on any atom is -0.495 e. The average molecular weight is 336 g/mol. The van der Waals surface area contributed by atoms with E-state index in [2.05, 4.69) is 10.3 Å². The van der Waals surface area contributed by atoms with Crippen molar-refractivity contribution in [3.63, 3.8) is 0 Å². The van der Waals surface area contributed by atoms with Crippen LogP contribution in [0.5, 0.6) is 5.75 Å². The summed E-state index contributed by atoms with van der Waals surface area (Å²) in [7, 11) is 1.50. The van der Waals surface area contributed by atoms with E-state index in [9.17, 15) is 9.59 Å². The summed E-state index contributed by atoms with van der Waals surface area (Å²) in [5.74, 6) is 0.602. The van der Waals surface area contributed by atoms with Crippen molar-refractivity contribution in [3.05, 3.63) is 50.7 Å². The van der Waals surface area contributed by atoms with Crippen LogP contribution < -0.4 is 15.6 Å². The summed E-state index contributed by atoms with van der Waals surface area (Å²) >= 11 is 6.04. The van der Waals surface area contributed by atoms with E-state index >= 15 is 0 Å². The molecule has 0 unspecified atom stereocenters. The van der Waals surface area contributed by atoms with Gasteiger partial charge in [-0.25, -0.2) is 4.98 Å². The lowest BCUT2D eigenvalue weighted by Crippen LogP contribution is -2.30. The van der Waals surface area contributed by atoms with E-state index in [1.807, 2.05) is 6.92 Å². The summed E-state index contributed by atoms with van der Waals surface area (Å²) in [6.07, 6.45) is 0. The largest absolute Gasteiger partial charge is 0.495 e. The van der Waals surface area contributed by atoms with Gasteiger partial charge in [0.05, 0.1) is 12.8 Å². The second-order valence-corrected chi connectivity index (χ2v) is 5.63. The molecule has 6 nitrogen and oxygen atoms in total. The molecule has 2 rings (SSSR count). The van der Waals surface area contributed by atoms with E-state index in [4.69, 9.17) is 16.3 Å². The number of aryl methyl sites for hydroxylation is 3. The lowest BCUT2D eigenvalue weighted by Gasteiger charge is -2.13. The number of ether oxygens (including phenoxy) is 1. The van der Waals surface area contributed by atoms with Crippen LogP contribution in [0.3, 0.4) is 0 Å². The summed E-state index contributed by atoms with van der Waals surface area (Å²) in [4.78, 5) is 28.4. The number of halogens is 1. The third-order valence-electron chi connectivity index (χ3n) is 3.38. The van der Waals surface area contributed by atoms with Gasteiger partial charge in [0.2, 0.25) is 5.91 Å². The predicted octanol–water partition coefficient (Wildman–Crippen LogP) is 2.47. The van der Waals surface area contributed by atoms with Crippen LogP contribution >= 0.6 is 11.6 Å². The number of nitrogens with zero attached hydrogens (tertiary/aromatic N) is 2. The number of nitrogens with one attached hydrogen (secondary N) is 1. The first-order chi connectivity index (χ1) is 10.8. The Balaban J connectivity index is 2.24. The van der Waals surface area contributed by atoms with Crippen molar-refractivity contribution in [2.75, 3.05) is 12.4 Å². The highest BCUT2D eigenvalue weighted by atomic mass is 35.5. The minimum atomic E-state index is -0.346. The third-order valence-corrected chi connectivity index (χ3v) is 3.79. The zero-order chi connectivity index (χ0) is 17.1. The lowest BCUT2D eigenvalue weighted by atomic mass is 10.2. The molecular formula is C16H18ClN3O3. The SMILES string of the molecule is COc1cc(Cl)c(C)cc1NC(=O)Cn1c(C)nc(C)cc1=O. The maximum atomic E-state index is 12.2. The Hall–Kier alpha value is -2.34. The molecule has 122 valence electrons. The molecule has 0 saturated heterocycles. The van der Waals surface area contributed by atoms with Crippen LogP contribution in [0, 0.1) is 20.8 Å². The minimum absolute atomic E-state index is 0.122. The van der Waals surface area contributed by atoms with Crippen LogP contribution in [-0.2, 0) is 11.3 Å². The van der Waals surface area contributed by atoms with Crippen molar-refractivity contribution in [2.24, 2.45) is 0 Å².